The van der Waals surface area contributed by atoms with Crippen molar-refractivity contribution in [3.8, 4) is 0 Å². The number of amides is 7. The van der Waals surface area contributed by atoms with Gasteiger partial charge in [0.1, 0.15) is 30.2 Å². The van der Waals surface area contributed by atoms with Crippen LogP contribution in [-0.2, 0) is 46.4 Å². The van der Waals surface area contributed by atoms with Crippen molar-refractivity contribution in [2.24, 2.45) is 11.8 Å². The Bertz CT molecular complexity index is 1860. The van der Waals surface area contributed by atoms with Crippen LogP contribution in [0.3, 0.4) is 0 Å². The lowest BCUT2D eigenvalue weighted by Gasteiger charge is -2.31. The van der Waals surface area contributed by atoms with Crippen molar-refractivity contribution in [2.45, 2.75) is 121 Å². The maximum absolute atomic E-state index is 14.6. The second-order valence-electron chi connectivity index (χ2n) is 15.9. The maximum atomic E-state index is 14.6. The highest BCUT2D eigenvalue weighted by Crippen LogP contribution is 2.27. The molecule has 314 valence electrons. The molecule has 2 aliphatic heterocycles. The summed E-state index contributed by atoms with van der Waals surface area (Å²) in [6, 6.07) is 4.19. The van der Waals surface area contributed by atoms with Crippen LogP contribution in [0.1, 0.15) is 70.9 Å². The zero-order valence-electron chi connectivity index (χ0n) is 33.1. The van der Waals surface area contributed by atoms with E-state index in [2.05, 4.69) is 31.9 Å². The molecule has 3 fully saturated rings. The molecule has 0 spiro atoms. The number of nitrogens with one attached hydrogen (secondary N) is 6. The van der Waals surface area contributed by atoms with E-state index in [-0.39, 0.29) is 37.3 Å². The lowest BCUT2D eigenvalue weighted by Crippen LogP contribution is -2.61. The fourth-order valence-corrected chi connectivity index (χ4v) is 7.85. The van der Waals surface area contributed by atoms with Crippen LogP contribution in [0.4, 0.5) is 8.78 Å². The average Bonchev–Trinajstić information content (AvgIpc) is 3.81. The van der Waals surface area contributed by atoms with Crippen molar-refractivity contribution in [3.63, 3.8) is 0 Å². The molecule has 7 amide bonds. The molecule has 2 heterocycles. The highest BCUT2D eigenvalue weighted by molar-refractivity contribution is 5.97. The molecule has 1 unspecified atom stereocenters. The van der Waals surface area contributed by atoms with Gasteiger partial charge >= 0.3 is 0 Å². The summed E-state index contributed by atoms with van der Waals surface area (Å²) in [5.41, 5.74) is 0.426. The molecule has 58 heavy (non-hydrogen) atoms. The van der Waals surface area contributed by atoms with E-state index in [1.165, 1.54) is 30.9 Å². The SMILES string of the molecule is CC(C)C[C@@H]1NC(=O)[C@@H]2CCC[C@H]2NC(=O)[C@H](C)NC(=O)C2C[C@@H](NC(=O)Cc3cccc(F)c3F)CN2C(=O)[C@H](Cc2ccccc2)NC(=O)[C@H]([C@@H](C)O)NC1=O. The minimum atomic E-state index is -1.57. The Hall–Kier alpha value is -5.45. The summed E-state index contributed by atoms with van der Waals surface area (Å²) in [6.07, 6.45) is -0.512. The molecular formula is C41H53F2N7O8. The Kier molecular flexibility index (Phi) is 14.6. The van der Waals surface area contributed by atoms with Gasteiger partial charge in [-0.25, -0.2) is 8.78 Å². The van der Waals surface area contributed by atoms with Crippen molar-refractivity contribution in [1.82, 2.24) is 36.8 Å². The fraction of sp³-hybridized carbons (Fsp3) is 0.537. The first-order valence-electron chi connectivity index (χ1n) is 19.8. The molecular weight excluding hydrogens is 756 g/mol. The minimum Gasteiger partial charge on any atom is -0.391 e. The Morgan fingerprint density at radius 1 is 0.828 bits per heavy atom. The highest BCUT2D eigenvalue weighted by atomic mass is 19.2. The molecule has 9 atom stereocenters. The van der Waals surface area contributed by atoms with Gasteiger partial charge in [0.25, 0.3) is 0 Å². The number of carbonyl (C=O) groups excluding carboxylic acids is 7. The maximum Gasteiger partial charge on any atom is 0.246 e. The number of carbonyl (C=O) groups is 7. The number of nitrogens with zero attached hydrogens (tertiary/aromatic N) is 1. The van der Waals surface area contributed by atoms with Gasteiger partial charge in [0, 0.05) is 30.6 Å². The summed E-state index contributed by atoms with van der Waals surface area (Å²) >= 11 is 0. The van der Waals surface area contributed by atoms with Crippen LogP contribution in [0.5, 0.6) is 0 Å². The number of aliphatic hydroxyl groups excluding tert-OH is 1. The Labute approximate surface area is 335 Å². The van der Waals surface area contributed by atoms with E-state index < -0.39 is 114 Å². The van der Waals surface area contributed by atoms with Gasteiger partial charge in [0.05, 0.1) is 18.4 Å². The Balaban J connectivity index is 1.50. The predicted molar refractivity (Wildman–Crippen MR) is 206 cm³/mol. The Morgan fingerprint density at radius 2 is 1.53 bits per heavy atom. The van der Waals surface area contributed by atoms with Crippen molar-refractivity contribution in [1.29, 1.82) is 0 Å². The van der Waals surface area contributed by atoms with E-state index in [1.807, 2.05) is 13.8 Å². The van der Waals surface area contributed by atoms with Crippen LogP contribution in [0.25, 0.3) is 0 Å². The van der Waals surface area contributed by atoms with Crippen molar-refractivity contribution in [2.75, 3.05) is 6.54 Å². The van der Waals surface area contributed by atoms with Crippen molar-refractivity contribution < 1.29 is 47.4 Å². The molecule has 15 nitrogen and oxygen atoms in total. The standard InChI is InChI=1S/C41H53F2N7O8/c1-21(2)16-30-38(55)49-35(23(4)51)40(57)48-31(17-24-10-6-5-7-11-24)41(58)50-20-26(45-33(52)18-25-12-8-14-28(42)34(25)43)19-32(50)39(56)44-22(3)36(53)46-29-15-9-13-27(29)37(54)47-30/h5-8,10-12,14,21-23,26-27,29-32,35,51H,9,13,15-20H2,1-4H3,(H,44,56)(H,45,52)(H,46,53)(H,47,54)(H,48,57)(H,49,55)/t22-,23+,26+,27+,29+,30-,31-,32?,35-/m0/s1. The number of fused-ring (bicyclic) bond motifs is 2. The van der Waals surface area contributed by atoms with Gasteiger partial charge in [-0.3, -0.25) is 33.6 Å². The molecule has 0 aromatic heterocycles. The average molecular weight is 810 g/mol. The highest BCUT2D eigenvalue weighted by Gasteiger charge is 2.45. The van der Waals surface area contributed by atoms with E-state index in [9.17, 15) is 47.4 Å². The molecule has 5 rings (SSSR count). The van der Waals surface area contributed by atoms with Gasteiger partial charge in [0.2, 0.25) is 41.4 Å². The zero-order valence-corrected chi connectivity index (χ0v) is 33.1. The smallest absolute Gasteiger partial charge is 0.246 e. The van der Waals surface area contributed by atoms with Crippen LogP contribution >= 0.6 is 0 Å². The number of aliphatic hydroxyl groups is 1. The normalized spacial score (nSPS) is 28.1. The van der Waals surface area contributed by atoms with Gasteiger partial charge < -0.3 is 41.9 Å². The summed E-state index contributed by atoms with van der Waals surface area (Å²) in [4.78, 5) is 98.0. The summed E-state index contributed by atoms with van der Waals surface area (Å²) in [5.74, 6) is -7.95. The van der Waals surface area contributed by atoms with E-state index in [1.54, 1.807) is 30.3 Å². The van der Waals surface area contributed by atoms with Crippen LogP contribution in [0, 0.1) is 23.5 Å². The summed E-state index contributed by atoms with van der Waals surface area (Å²) in [7, 11) is 0. The topological polar surface area (TPSA) is 215 Å². The van der Waals surface area contributed by atoms with Crippen molar-refractivity contribution in [3.05, 3.63) is 71.3 Å². The molecule has 2 aromatic rings. The third-order valence-corrected chi connectivity index (χ3v) is 10.9. The number of hydrogen-bond acceptors (Lipinski definition) is 8. The molecule has 1 aliphatic carbocycles. The summed E-state index contributed by atoms with van der Waals surface area (Å²) in [6.45, 7) is 6.21. The van der Waals surface area contributed by atoms with Crippen LogP contribution in [0.2, 0.25) is 0 Å². The van der Waals surface area contributed by atoms with Gasteiger partial charge in [-0.15, -0.1) is 0 Å². The predicted octanol–water partition coefficient (Wildman–Crippen LogP) is 0.520. The summed E-state index contributed by atoms with van der Waals surface area (Å²) in [5, 5.41) is 27.0. The first-order valence-corrected chi connectivity index (χ1v) is 19.8. The first-order chi connectivity index (χ1) is 27.5. The van der Waals surface area contributed by atoms with Gasteiger partial charge in [-0.1, -0.05) is 62.7 Å². The number of rotatable bonds is 8. The molecule has 0 radical (unpaired) electrons. The third kappa shape index (κ3) is 10.9. The molecule has 7 N–H and O–H groups in total. The number of halogens is 2. The number of benzene rings is 2. The quantitative estimate of drug-likeness (QED) is 0.199. The van der Waals surface area contributed by atoms with E-state index >= 15 is 0 Å². The van der Waals surface area contributed by atoms with E-state index in [4.69, 9.17) is 0 Å². The van der Waals surface area contributed by atoms with Gasteiger partial charge in [0.15, 0.2) is 11.6 Å². The molecule has 2 saturated heterocycles. The molecule has 1 saturated carbocycles. The van der Waals surface area contributed by atoms with E-state index in [0.29, 0.717) is 24.8 Å². The lowest BCUT2D eigenvalue weighted by molar-refractivity contribution is -0.143. The molecule has 0 bridgehead atoms. The lowest BCUT2D eigenvalue weighted by atomic mass is 9.98. The fourth-order valence-electron chi connectivity index (χ4n) is 7.85. The molecule has 2 aromatic carbocycles. The van der Waals surface area contributed by atoms with Crippen LogP contribution < -0.4 is 31.9 Å². The largest absolute Gasteiger partial charge is 0.391 e. The summed E-state index contributed by atoms with van der Waals surface area (Å²) < 4.78 is 28.3. The first kappa shape index (κ1) is 43.7. The third-order valence-electron chi connectivity index (χ3n) is 10.9. The Morgan fingerprint density at radius 3 is 2.22 bits per heavy atom. The minimum absolute atomic E-state index is 0.0718. The van der Waals surface area contributed by atoms with Crippen molar-refractivity contribution >= 4 is 41.4 Å². The monoisotopic (exact) mass is 809 g/mol. The molecule has 3 aliphatic rings. The number of hydrogen-bond donors (Lipinski definition) is 7. The second-order valence-corrected chi connectivity index (χ2v) is 15.9. The van der Waals surface area contributed by atoms with Crippen LogP contribution in [-0.4, -0.2) is 106 Å². The molecule has 17 heteroatoms. The van der Waals surface area contributed by atoms with E-state index in [0.717, 1.165) is 6.07 Å². The van der Waals surface area contributed by atoms with Gasteiger partial charge in [-0.05, 0) is 57.1 Å². The van der Waals surface area contributed by atoms with Crippen LogP contribution in [0.15, 0.2) is 48.5 Å². The zero-order chi connectivity index (χ0) is 42.3. The second kappa shape index (κ2) is 19.3. The van der Waals surface area contributed by atoms with Gasteiger partial charge in [-0.2, -0.15) is 0 Å².